The SMILES string of the molecule is O=c1[nH]c(O)cn1CCCCCCn1cc(O)[nH]c1=O. The van der Waals surface area contributed by atoms with Gasteiger partial charge >= 0.3 is 11.4 Å². The number of aromatic amines is 2. The van der Waals surface area contributed by atoms with Gasteiger partial charge in [-0.2, -0.15) is 0 Å². The monoisotopic (exact) mass is 282 g/mol. The van der Waals surface area contributed by atoms with Gasteiger partial charge < -0.3 is 10.2 Å². The minimum absolute atomic E-state index is 0.123. The zero-order chi connectivity index (χ0) is 14.5. The van der Waals surface area contributed by atoms with Crippen LogP contribution in [0.4, 0.5) is 0 Å². The van der Waals surface area contributed by atoms with E-state index in [4.69, 9.17) is 10.2 Å². The smallest absolute Gasteiger partial charge is 0.328 e. The molecule has 0 saturated carbocycles. The molecule has 110 valence electrons. The molecular weight excluding hydrogens is 264 g/mol. The Kier molecular flexibility index (Phi) is 4.34. The van der Waals surface area contributed by atoms with Crippen LogP contribution in [0.3, 0.4) is 0 Å². The van der Waals surface area contributed by atoms with E-state index >= 15 is 0 Å². The fraction of sp³-hybridized carbons (Fsp3) is 0.500. The van der Waals surface area contributed by atoms with E-state index in [1.807, 2.05) is 0 Å². The molecule has 0 aliphatic rings. The van der Waals surface area contributed by atoms with Crippen LogP contribution in [0.5, 0.6) is 11.8 Å². The Morgan fingerprint density at radius 2 is 1.20 bits per heavy atom. The summed E-state index contributed by atoms with van der Waals surface area (Å²) in [5, 5.41) is 18.2. The second-order valence-electron chi connectivity index (χ2n) is 4.69. The first kappa shape index (κ1) is 14.0. The van der Waals surface area contributed by atoms with Gasteiger partial charge in [0.2, 0.25) is 11.8 Å². The third-order valence-electron chi connectivity index (χ3n) is 3.10. The van der Waals surface area contributed by atoms with Crippen molar-refractivity contribution in [2.45, 2.75) is 38.8 Å². The van der Waals surface area contributed by atoms with Crippen molar-refractivity contribution in [3.8, 4) is 11.8 Å². The molecule has 8 heteroatoms. The molecule has 0 bridgehead atoms. The van der Waals surface area contributed by atoms with Gasteiger partial charge in [-0.15, -0.1) is 0 Å². The second-order valence-corrected chi connectivity index (χ2v) is 4.69. The summed E-state index contributed by atoms with van der Waals surface area (Å²) in [6, 6.07) is 0. The van der Waals surface area contributed by atoms with E-state index in [0.29, 0.717) is 13.1 Å². The molecule has 0 aliphatic heterocycles. The van der Waals surface area contributed by atoms with E-state index in [-0.39, 0.29) is 23.1 Å². The number of aromatic hydroxyl groups is 2. The summed E-state index contributed by atoms with van der Waals surface area (Å²) in [5.41, 5.74) is -0.617. The predicted octanol–water partition coefficient (Wildman–Crippen LogP) is 0.338. The Morgan fingerprint density at radius 3 is 1.50 bits per heavy atom. The van der Waals surface area contributed by atoms with Gasteiger partial charge in [-0.05, 0) is 12.8 Å². The molecule has 0 saturated heterocycles. The average molecular weight is 282 g/mol. The Labute approximate surface area is 114 Å². The average Bonchev–Trinajstić information content (AvgIpc) is 2.86. The van der Waals surface area contributed by atoms with Crippen molar-refractivity contribution in [3.63, 3.8) is 0 Å². The lowest BCUT2D eigenvalue weighted by molar-refractivity contribution is 0.453. The number of H-pyrrole nitrogens is 2. The molecule has 0 unspecified atom stereocenters. The second kappa shape index (κ2) is 6.18. The Morgan fingerprint density at radius 1 is 0.800 bits per heavy atom. The lowest BCUT2D eigenvalue weighted by Gasteiger charge is -2.02. The molecule has 2 rings (SSSR count). The maximum atomic E-state index is 11.3. The van der Waals surface area contributed by atoms with Gasteiger partial charge in [0, 0.05) is 13.1 Å². The zero-order valence-electron chi connectivity index (χ0n) is 11.0. The Hall–Kier alpha value is -2.38. The summed E-state index contributed by atoms with van der Waals surface area (Å²) < 4.78 is 2.87. The fourth-order valence-corrected chi connectivity index (χ4v) is 2.09. The summed E-state index contributed by atoms with van der Waals surface area (Å²) in [6.45, 7) is 1.11. The van der Waals surface area contributed by atoms with E-state index in [1.165, 1.54) is 21.5 Å². The third kappa shape index (κ3) is 3.56. The minimum Gasteiger partial charge on any atom is -0.493 e. The van der Waals surface area contributed by atoms with Crippen LogP contribution in [-0.4, -0.2) is 29.3 Å². The van der Waals surface area contributed by atoms with E-state index in [9.17, 15) is 9.59 Å². The Bertz CT molecular complexity index is 605. The highest BCUT2D eigenvalue weighted by Gasteiger charge is 2.02. The molecule has 0 fully saturated rings. The lowest BCUT2D eigenvalue weighted by atomic mass is 10.2. The molecule has 20 heavy (non-hydrogen) atoms. The lowest BCUT2D eigenvalue weighted by Crippen LogP contribution is -2.16. The molecule has 0 spiro atoms. The first-order valence-corrected chi connectivity index (χ1v) is 6.53. The van der Waals surface area contributed by atoms with Gasteiger partial charge in [0.25, 0.3) is 0 Å². The molecule has 0 radical (unpaired) electrons. The van der Waals surface area contributed by atoms with Crippen LogP contribution in [0, 0.1) is 0 Å². The highest BCUT2D eigenvalue weighted by Crippen LogP contribution is 2.06. The molecule has 0 amide bonds. The molecule has 0 aliphatic carbocycles. The fourth-order valence-electron chi connectivity index (χ4n) is 2.09. The van der Waals surface area contributed by atoms with E-state index in [0.717, 1.165) is 25.7 Å². The number of hydrogen-bond acceptors (Lipinski definition) is 4. The quantitative estimate of drug-likeness (QED) is 0.548. The summed E-state index contributed by atoms with van der Waals surface area (Å²) in [7, 11) is 0. The number of aryl methyl sites for hydroxylation is 2. The van der Waals surface area contributed by atoms with Crippen LogP contribution in [-0.2, 0) is 13.1 Å². The van der Waals surface area contributed by atoms with Gasteiger partial charge in [0.15, 0.2) is 0 Å². The van der Waals surface area contributed by atoms with Gasteiger partial charge in [-0.25, -0.2) is 9.59 Å². The van der Waals surface area contributed by atoms with E-state index in [2.05, 4.69) is 9.97 Å². The van der Waals surface area contributed by atoms with Crippen molar-refractivity contribution in [2.24, 2.45) is 0 Å². The first-order valence-electron chi connectivity index (χ1n) is 6.53. The van der Waals surface area contributed by atoms with Crippen LogP contribution in [0.2, 0.25) is 0 Å². The summed E-state index contributed by atoms with van der Waals surface area (Å²) >= 11 is 0. The molecular formula is C12H18N4O4. The highest BCUT2D eigenvalue weighted by atomic mass is 16.3. The van der Waals surface area contributed by atoms with Crippen molar-refractivity contribution in [2.75, 3.05) is 0 Å². The van der Waals surface area contributed by atoms with Gasteiger partial charge in [-0.3, -0.25) is 19.1 Å². The largest absolute Gasteiger partial charge is 0.493 e. The van der Waals surface area contributed by atoms with Crippen LogP contribution in [0.15, 0.2) is 22.0 Å². The van der Waals surface area contributed by atoms with Gasteiger partial charge in [-0.1, -0.05) is 12.8 Å². The predicted molar refractivity (Wildman–Crippen MR) is 71.9 cm³/mol. The van der Waals surface area contributed by atoms with Crippen molar-refractivity contribution in [3.05, 3.63) is 33.4 Å². The Balaban J connectivity index is 1.65. The van der Waals surface area contributed by atoms with E-state index < -0.39 is 0 Å². The zero-order valence-corrected chi connectivity index (χ0v) is 11.0. The summed E-state index contributed by atoms with van der Waals surface area (Å²) in [4.78, 5) is 27.1. The molecule has 2 aromatic rings. The number of nitrogens with zero attached hydrogens (tertiary/aromatic N) is 2. The summed E-state index contributed by atoms with van der Waals surface area (Å²) in [5.74, 6) is -0.247. The molecule has 0 atom stereocenters. The maximum Gasteiger partial charge on any atom is 0.328 e. The van der Waals surface area contributed by atoms with Gasteiger partial charge in [0.1, 0.15) is 0 Å². The first-order chi connectivity index (χ1) is 9.56. The standard InChI is InChI=1S/C12H18N4O4/c17-9-7-15(11(19)13-9)5-3-1-2-4-6-16-8-10(18)14-12(16)20/h7-8,17-18H,1-6H2,(H,13,19)(H,14,20). The normalized spacial score (nSPS) is 11.0. The van der Waals surface area contributed by atoms with Crippen molar-refractivity contribution < 1.29 is 10.2 Å². The van der Waals surface area contributed by atoms with Crippen molar-refractivity contribution in [1.29, 1.82) is 0 Å². The van der Waals surface area contributed by atoms with Crippen molar-refractivity contribution in [1.82, 2.24) is 19.1 Å². The molecule has 8 nitrogen and oxygen atoms in total. The molecule has 2 heterocycles. The van der Waals surface area contributed by atoms with Crippen LogP contribution in [0.1, 0.15) is 25.7 Å². The van der Waals surface area contributed by atoms with Crippen LogP contribution in [0.25, 0.3) is 0 Å². The number of nitrogens with one attached hydrogen (secondary N) is 2. The number of aromatic nitrogens is 4. The number of hydrogen-bond donors (Lipinski definition) is 4. The minimum atomic E-state index is -0.308. The van der Waals surface area contributed by atoms with E-state index in [1.54, 1.807) is 0 Å². The topological polar surface area (TPSA) is 116 Å². The molecule has 4 N–H and O–H groups in total. The third-order valence-corrected chi connectivity index (χ3v) is 3.10. The van der Waals surface area contributed by atoms with Gasteiger partial charge in [0.05, 0.1) is 12.4 Å². The highest BCUT2D eigenvalue weighted by molar-refractivity contribution is 5.01. The van der Waals surface area contributed by atoms with Crippen LogP contribution < -0.4 is 11.4 Å². The van der Waals surface area contributed by atoms with Crippen LogP contribution >= 0.6 is 0 Å². The number of unbranched alkanes of at least 4 members (excludes halogenated alkanes) is 3. The summed E-state index contributed by atoms with van der Waals surface area (Å²) in [6.07, 6.45) is 6.25. The number of imidazole rings is 2. The maximum absolute atomic E-state index is 11.3. The molecule has 0 aromatic carbocycles. The number of rotatable bonds is 7. The van der Waals surface area contributed by atoms with Crippen molar-refractivity contribution >= 4 is 0 Å². The molecule has 2 aromatic heterocycles.